The van der Waals surface area contributed by atoms with Crippen LogP contribution in [0.1, 0.15) is 37.2 Å². The molecule has 0 aromatic carbocycles. The normalized spacial score (nSPS) is 29.5. The molecule has 2 aliphatic heterocycles. The molecule has 3 rings (SSSR count). The highest BCUT2D eigenvalue weighted by molar-refractivity contribution is 5.14. The molecule has 94 valence electrons. The SMILES string of the molecule is CCN1CCC(c2ncc3n2CCC(N)C3)C1. The Hall–Kier alpha value is -0.870. The molecule has 2 N–H and O–H groups in total. The maximum Gasteiger partial charge on any atom is 0.113 e. The smallest absolute Gasteiger partial charge is 0.113 e. The molecule has 17 heavy (non-hydrogen) atoms. The lowest BCUT2D eigenvalue weighted by Gasteiger charge is -2.23. The summed E-state index contributed by atoms with van der Waals surface area (Å²) in [5, 5.41) is 0. The Morgan fingerprint density at radius 3 is 3.06 bits per heavy atom. The topological polar surface area (TPSA) is 47.1 Å². The van der Waals surface area contributed by atoms with Gasteiger partial charge in [0.05, 0.1) is 0 Å². The van der Waals surface area contributed by atoms with Crippen molar-refractivity contribution >= 4 is 0 Å². The molecule has 0 spiro atoms. The molecule has 0 amide bonds. The van der Waals surface area contributed by atoms with Gasteiger partial charge in [0, 0.05) is 43.4 Å². The molecule has 1 aromatic rings. The number of likely N-dealkylation sites (N-methyl/N-ethyl adjacent to an activating group) is 1. The van der Waals surface area contributed by atoms with Crippen molar-refractivity contribution in [3.8, 4) is 0 Å². The van der Waals surface area contributed by atoms with Crippen LogP contribution >= 0.6 is 0 Å². The third-order valence-corrected chi connectivity index (χ3v) is 4.25. The minimum atomic E-state index is 0.336. The van der Waals surface area contributed by atoms with Gasteiger partial charge < -0.3 is 15.2 Å². The summed E-state index contributed by atoms with van der Waals surface area (Å²) in [6.45, 7) is 6.87. The van der Waals surface area contributed by atoms with Crippen molar-refractivity contribution in [2.45, 2.75) is 44.7 Å². The van der Waals surface area contributed by atoms with E-state index in [1.807, 2.05) is 6.20 Å². The fraction of sp³-hybridized carbons (Fsp3) is 0.769. The Labute approximate surface area is 103 Å². The van der Waals surface area contributed by atoms with Crippen molar-refractivity contribution in [3.63, 3.8) is 0 Å². The van der Waals surface area contributed by atoms with Crippen LogP contribution in [-0.2, 0) is 13.0 Å². The second-order valence-electron chi connectivity index (χ2n) is 5.39. The third kappa shape index (κ3) is 2.00. The predicted octanol–water partition coefficient (Wildman–Crippen LogP) is 0.966. The van der Waals surface area contributed by atoms with Crippen LogP contribution in [-0.4, -0.2) is 40.1 Å². The van der Waals surface area contributed by atoms with E-state index in [1.165, 1.54) is 31.0 Å². The molecule has 0 bridgehead atoms. The van der Waals surface area contributed by atoms with Gasteiger partial charge in [-0.05, 0) is 25.9 Å². The molecule has 2 aliphatic rings. The zero-order valence-corrected chi connectivity index (χ0v) is 10.6. The van der Waals surface area contributed by atoms with Gasteiger partial charge in [-0.25, -0.2) is 4.98 Å². The van der Waals surface area contributed by atoms with Gasteiger partial charge in [0.1, 0.15) is 5.82 Å². The minimum absolute atomic E-state index is 0.336. The fourth-order valence-electron chi connectivity index (χ4n) is 3.17. The molecule has 4 heteroatoms. The summed E-state index contributed by atoms with van der Waals surface area (Å²) < 4.78 is 2.42. The predicted molar refractivity (Wildman–Crippen MR) is 68.0 cm³/mol. The monoisotopic (exact) mass is 234 g/mol. The quantitative estimate of drug-likeness (QED) is 0.829. The first-order valence-corrected chi connectivity index (χ1v) is 6.80. The number of fused-ring (bicyclic) bond motifs is 1. The lowest BCUT2D eigenvalue weighted by atomic mass is 10.0. The van der Waals surface area contributed by atoms with Gasteiger partial charge in [-0.1, -0.05) is 6.92 Å². The number of aromatic nitrogens is 2. The molecule has 4 nitrogen and oxygen atoms in total. The molecule has 2 atom stereocenters. The van der Waals surface area contributed by atoms with Gasteiger partial charge in [0.15, 0.2) is 0 Å². The van der Waals surface area contributed by atoms with Crippen molar-refractivity contribution < 1.29 is 0 Å². The number of imidazole rings is 1. The second-order valence-corrected chi connectivity index (χ2v) is 5.39. The number of hydrogen-bond donors (Lipinski definition) is 1. The second kappa shape index (κ2) is 4.42. The minimum Gasteiger partial charge on any atom is -0.332 e. The molecular weight excluding hydrogens is 212 g/mol. The first kappa shape index (κ1) is 11.2. The van der Waals surface area contributed by atoms with E-state index in [4.69, 9.17) is 5.73 Å². The van der Waals surface area contributed by atoms with E-state index in [9.17, 15) is 0 Å². The van der Waals surface area contributed by atoms with E-state index in [1.54, 1.807) is 0 Å². The summed E-state index contributed by atoms with van der Waals surface area (Å²) in [4.78, 5) is 7.18. The number of rotatable bonds is 2. The van der Waals surface area contributed by atoms with Crippen molar-refractivity contribution in [1.82, 2.24) is 14.5 Å². The average molecular weight is 234 g/mol. The van der Waals surface area contributed by atoms with Crippen LogP contribution < -0.4 is 5.73 Å². The Bertz CT molecular complexity index is 398. The Morgan fingerprint density at radius 2 is 2.29 bits per heavy atom. The highest BCUT2D eigenvalue weighted by Crippen LogP contribution is 2.28. The molecule has 3 heterocycles. The van der Waals surface area contributed by atoms with Gasteiger partial charge >= 0.3 is 0 Å². The average Bonchev–Trinajstić information content (AvgIpc) is 2.93. The van der Waals surface area contributed by atoms with Crippen LogP contribution in [0.3, 0.4) is 0 Å². The largest absolute Gasteiger partial charge is 0.332 e. The fourth-order valence-corrected chi connectivity index (χ4v) is 3.17. The van der Waals surface area contributed by atoms with Crippen LogP contribution in [0, 0.1) is 0 Å². The molecule has 0 saturated carbocycles. The van der Waals surface area contributed by atoms with E-state index < -0.39 is 0 Å². The highest BCUT2D eigenvalue weighted by atomic mass is 15.2. The number of hydrogen-bond acceptors (Lipinski definition) is 3. The first-order valence-electron chi connectivity index (χ1n) is 6.80. The van der Waals surface area contributed by atoms with Gasteiger partial charge in [-0.2, -0.15) is 0 Å². The maximum atomic E-state index is 6.01. The molecule has 1 aromatic heterocycles. The van der Waals surface area contributed by atoms with E-state index in [0.29, 0.717) is 12.0 Å². The zero-order chi connectivity index (χ0) is 11.8. The van der Waals surface area contributed by atoms with Gasteiger partial charge in [-0.15, -0.1) is 0 Å². The third-order valence-electron chi connectivity index (χ3n) is 4.25. The molecule has 0 aliphatic carbocycles. The van der Waals surface area contributed by atoms with Crippen LogP contribution in [0.15, 0.2) is 6.20 Å². The first-order chi connectivity index (χ1) is 8.28. The Kier molecular flexibility index (Phi) is 2.92. The van der Waals surface area contributed by atoms with Crippen LogP contribution in [0.5, 0.6) is 0 Å². The van der Waals surface area contributed by atoms with Crippen molar-refractivity contribution in [2.24, 2.45) is 5.73 Å². The Balaban J connectivity index is 1.80. The van der Waals surface area contributed by atoms with Gasteiger partial charge in [0.2, 0.25) is 0 Å². The number of likely N-dealkylation sites (tertiary alicyclic amines) is 1. The van der Waals surface area contributed by atoms with Gasteiger partial charge in [-0.3, -0.25) is 0 Å². The standard InChI is InChI=1S/C13H22N4/c1-2-16-5-3-10(9-16)13-15-8-12-7-11(14)4-6-17(12)13/h8,10-11H,2-7,9,14H2,1H3. The van der Waals surface area contributed by atoms with Crippen LogP contribution in [0.25, 0.3) is 0 Å². The van der Waals surface area contributed by atoms with Crippen molar-refractivity contribution in [1.29, 1.82) is 0 Å². The molecular formula is C13H22N4. The molecule has 2 unspecified atom stereocenters. The van der Waals surface area contributed by atoms with E-state index in [0.717, 1.165) is 25.9 Å². The van der Waals surface area contributed by atoms with E-state index >= 15 is 0 Å². The van der Waals surface area contributed by atoms with E-state index in [2.05, 4.69) is 21.4 Å². The van der Waals surface area contributed by atoms with E-state index in [-0.39, 0.29) is 0 Å². The molecule has 1 fully saturated rings. The summed E-state index contributed by atoms with van der Waals surface area (Å²) in [5.74, 6) is 1.95. The lowest BCUT2D eigenvalue weighted by molar-refractivity contribution is 0.350. The summed E-state index contributed by atoms with van der Waals surface area (Å²) >= 11 is 0. The van der Waals surface area contributed by atoms with Crippen molar-refractivity contribution in [2.75, 3.05) is 19.6 Å². The number of nitrogens with zero attached hydrogens (tertiary/aromatic N) is 3. The van der Waals surface area contributed by atoms with Crippen LogP contribution in [0.2, 0.25) is 0 Å². The van der Waals surface area contributed by atoms with Crippen molar-refractivity contribution in [3.05, 3.63) is 17.7 Å². The summed E-state index contributed by atoms with van der Waals surface area (Å²) in [6.07, 6.45) is 5.40. The van der Waals surface area contributed by atoms with Gasteiger partial charge in [0.25, 0.3) is 0 Å². The number of nitrogens with two attached hydrogens (primary N) is 1. The summed E-state index contributed by atoms with van der Waals surface area (Å²) in [6, 6.07) is 0.336. The summed E-state index contributed by atoms with van der Waals surface area (Å²) in [7, 11) is 0. The lowest BCUT2D eigenvalue weighted by Crippen LogP contribution is -2.31. The molecule has 1 saturated heterocycles. The van der Waals surface area contributed by atoms with Crippen LogP contribution in [0.4, 0.5) is 0 Å². The molecule has 0 radical (unpaired) electrons. The zero-order valence-electron chi connectivity index (χ0n) is 10.6. The highest BCUT2D eigenvalue weighted by Gasteiger charge is 2.28. The Morgan fingerprint density at radius 1 is 1.41 bits per heavy atom. The maximum absolute atomic E-state index is 6.01. The summed E-state index contributed by atoms with van der Waals surface area (Å²) in [5.41, 5.74) is 7.35.